The third kappa shape index (κ3) is 1.61. The van der Waals surface area contributed by atoms with Crippen molar-refractivity contribution in [2.24, 2.45) is 0 Å². The number of carboxylic acids is 1. The lowest BCUT2D eigenvalue weighted by Crippen LogP contribution is -2.10. The predicted molar refractivity (Wildman–Crippen MR) is 55.0 cm³/mol. The van der Waals surface area contributed by atoms with E-state index in [9.17, 15) is 9.59 Å². The molecule has 4 nitrogen and oxygen atoms in total. The minimum absolute atomic E-state index is 0.193. The Morgan fingerprint density at radius 3 is 2.80 bits per heavy atom. The van der Waals surface area contributed by atoms with Gasteiger partial charge in [-0.2, -0.15) is 0 Å². The lowest BCUT2D eigenvalue weighted by Gasteiger charge is -2.02. The van der Waals surface area contributed by atoms with Crippen LogP contribution in [0.5, 0.6) is 0 Å². The summed E-state index contributed by atoms with van der Waals surface area (Å²) in [6.07, 6.45) is 0.670. The van der Waals surface area contributed by atoms with Crippen LogP contribution in [-0.4, -0.2) is 21.9 Å². The molecule has 0 bridgehead atoms. The molecule has 0 aliphatic rings. The minimum atomic E-state index is -0.959. The van der Waals surface area contributed by atoms with Gasteiger partial charge in [0.2, 0.25) is 0 Å². The molecule has 15 heavy (non-hydrogen) atoms. The largest absolute Gasteiger partial charge is 0.480 e. The quantitative estimate of drug-likeness (QED) is 0.769. The highest BCUT2D eigenvalue weighted by Crippen LogP contribution is 2.18. The molecular formula is C11H9NO3. The van der Waals surface area contributed by atoms with E-state index in [-0.39, 0.29) is 6.54 Å². The second-order valence-corrected chi connectivity index (χ2v) is 3.23. The fourth-order valence-corrected chi connectivity index (χ4v) is 1.64. The van der Waals surface area contributed by atoms with Gasteiger partial charge < -0.3 is 9.67 Å². The average molecular weight is 203 g/mol. The molecule has 1 N–H and O–H groups in total. The Balaban J connectivity index is 2.66. The first-order valence-electron chi connectivity index (χ1n) is 4.47. The molecule has 0 unspecified atom stereocenters. The van der Waals surface area contributed by atoms with Gasteiger partial charge in [-0.3, -0.25) is 9.59 Å². The number of aldehydes is 1. The first-order valence-corrected chi connectivity index (χ1v) is 4.47. The fraction of sp³-hybridized carbons (Fsp3) is 0.0909. The van der Waals surface area contributed by atoms with Crippen LogP contribution in [0.25, 0.3) is 10.9 Å². The zero-order chi connectivity index (χ0) is 10.8. The third-order valence-electron chi connectivity index (χ3n) is 2.26. The van der Waals surface area contributed by atoms with Crippen LogP contribution in [0.15, 0.2) is 30.3 Å². The maximum atomic E-state index is 10.8. The number of para-hydroxylation sites is 1. The van der Waals surface area contributed by atoms with Crippen LogP contribution in [0.3, 0.4) is 0 Å². The molecule has 0 fully saturated rings. The summed E-state index contributed by atoms with van der Waals surface area (Å²) in [5.41, 5.74) is 1.15. The third-order valence-corrected chi connectivity index (χ3v) is 2.26. The Labute approximate surface area is 85.7 Å². The van der Waals surface area contributed by atoms with Gasteiger partial charge in [0.1, 0.15) is 6.54 Å². The van der Waals surface area contributed by atoms with E-state index < -0.39 is 5.97 Å². The Morgan fingerprint density at radius 2 is 2.13 bits per heavy atom. The molecule has 1 aromatic carbocycles. The van der Waals surface area contributed by atoms with Crippen molar-refractivity contribution in [2.45, 2.75) is 6.54 Å². The molecule has 1 heterocycles. The number of nitrogens with zero attached hydrogens (tertiary/aromatic N) is 1. The first-order chi connectivity index (χ1) is 7.22. The number of fused-ring (bicyclic) bond motifs is 1. The lowest BCUT2D eigenvalue weighted by molar-refractivity contribution is -0.137. The minimum Gasteiger partial charge on any atom is -0.480 e. The molecule has 2 rings (SSSR count). The monoisotopic (exact) mass is 203 g/mol. The Hall–Kier alpha value is -2.10. The van der Waals surface area contributed by atoms with E-state index in [4.69, 9.17) is 5.11 Å². The van der Waals surface area contributed by atoms with Crippen molar-refractivity contribution in [3.63, 3.8) is 0 Å². The summed E-state index contributed by atoms with van der Waals surface area (Å²) in [4.78, 5) is 21.4. The van der Waals surface area contributed by atoms with Crippen LogP contribution in [0.1, 0.15) is 10.5 Å². The highest BCUT2D eigenvalue weighted by molar-refractivity contribution is 5.90. The van der Waals surface area contributed by atoms with E-state index in [1.165, 1.54) is 4.57 Å². The van der Waals surface area contributed by atoms with Crippen molar-refractivity contribution in [1.29, 1.82) is 0 Å². The van der Waals surface area contributed by atoms with E-state index >= 15 is 0 Å². The number of hydrogen-bond acceptors (Lipinski definition) is 2. The number of aliphatic carboxylic acids is 1. The standard InChI is InChI=1S/C11H9NO3/c13-7-9-5-8-3-1-2-4-10(8)12(9)6-11(14)15/h1-5,7H,6H2,(H,14,15). The number of carbonyl (C=O) groups is 2. The molecule has 0 spiro atoms. The molecule has 4 heteroatoms. The van der Waals surface area contributed by atoms with Gasteiger partial charge in [0.05, 0.1) is 5.69 Å². The molecule has 76 valence electrons. The van der Waals surface area contributed by atoms with Gasteiger partial charge in [-0.05, 0) is 12.1 Å². The highest BCUT2D eigenvalue weighted by atomic mass is 16.4. The second kappa shape index (κ2) is 3.57. The summed E-state index contributed by atoms with van der Waals surface area (Å²) < 4.78 is 1.49. The van der Waals surface area contributed by atoms with E-state index in [0.717, 1.165) is 10.9 Å². The molecule has 0 radical (unpaired) electrons. The molecule has 1 aromatic heterocycles. The summed E-state index contributed by atoms with van der Waals surface area (Å²) in [5, 5.41) is 9.60. The second-order valence-electron chi connectivity index (χ2n) is 3.23. The van der Waals surface area contributed by atoms with Crippen molar-refractivity contribution >= 4 is 23.2 Å². The van der Waals surface area contributed by atoms with Gasteiger partial charge in [-0.15, -0.1) is 0 Å². The average Bonchev–Trinajstić information content (AvgIpc) is 2.56. The van der Waals surface area contributed by atoms with Crippen LogP contribution < -0.4 is 0 Å². The van der Waals surface area contributed by atoms with Gasteiger partial charge in [-0.1, -0.05) is 18.2 Å². The van der Waals surface area contributed by atoms with Gasteiger partial charge >= 0.3 is 5.97 Å². The molecule has 2 aromatic rings. The van der Waals surface area contributed by atoms with Crippen LogP contribution >= 0.6 is 0 Å². The number of hydrogen-bond donors (Lipinski definition) is 1. The van der Waals surface area contributed by atoms with Crippen molar-refractivity contribution < 1.29 is 14.7 Å². The molecule has 0 aliphatic heterocycles. The Morgan fingerprint density at radius 1 is 1.40 bits per heavy atom. The summed E-state index contributed by atoms with van der Waals surface area (Å²) in [6, 6.07) is 8.99. The van der Waals surface area contributed by atoms with E-state index in [1.807, 2.05) is 18.2 Å². The molecule has 0 saturated carbocycles. The van der Waals surface area contributed by atoms with E-state index in [0.29, 0.717) is 12.0 Å². The molecule has 0 amide bonds. The maximum Gasteiger partial charge on any atom is 0.323 e. The van der Waals surface area contributed by atoms with Crippen LogP contribution in [0.4, 0.5) is 0 Å². The summed E-state index contributed by atoms with van der Waals surface area (Å²) in [7, 11) is 0. The van der Waals surface area contributed by atoms with E-state index in [2.05, 4.69) is 0 Å². The number of benzene rings is 1. The van der Waals surface area contributed by atoms with Crippen LogP contribution in [0, 0.1) is 0 Å². The van der Waals surface area contributed by atoms with Crippen LogP contribution in [0.2, 0.25) is 0 Å². The molecular weight excluding hydrogens is 194 g/mol. The Kier molecular flexibility index (Phi) is 2.25. The normalized spacial score (nSPS) is 10.4. The van der Waals surface area contributed by atoms with Gasteiger partial charge in [0.15, 0.2) is 6.29 Å². The van der Waals surface area contributed by atoms with Gasteiger partial charge in [0.25, 0.3) is 0 Å². The SMILES string of the molecule is O=Cc1cc2ccccc2n1CC(=O)O. The first kappa shape index (κ1) is 9.45. The summed E-state index contributed by atoms with van der Waals surface area (Å²) in [5.74, 6) is -0.959. The lowest BCUT2D eigenvalue weighted by atomic mass is 10.2. The van der Waals surface area contributed by atoms with Crippen molar-refractivity contribution in [3.05, 3.63) is 36.0 Å². The molecule has 0 saturated heterocycles. The summed E-state index contributed by atoms with van der Waals surface area (Å²) in [6.45, 7) is -0.193. The smallest absolute Gasteiger partial charge is 0.323 e. The maximum absolute atomic E-state index is 10.8. The molecule has 0 aliphatic carbocycles. The number of carboxylic acid groups (broad SMARTS) is 1. The van der Waals surface area contributed by atoms with Crippen molar-refractivity contribution in [1.82, 2.24) is 4.57 Å². The number of carbonyl (C=O) groups excluding carboxylic acids is 1. The van der Waals surface area contributed by atoms with E-state index in [1.54, 1.807) is 12.1 Å². The number of aromatic nitrogens is 1. The zero-order valence-electron chi connectivity index (χ0n) is 7.88. The zero-order valence-corrected chi connectivity index (χ0v) is 7.88. The van der Waals surface area contributed by atoms with Gasteiger partial charge in [-0.25, -0.2) is 0 Å². The van der Waals surface area contributed by atoms with Crippen molar-refractivity contribution in [2.75, 3.05) is 0 Å². The topological polar surface area (TPSA) is 59.3 Å². The van der Waals surface area contributed by atoms with Crippen molar-refractivity contribution in [3.8, 4) is 0 Å². The number of rotatable bonds is 3. The molecule has 0 atom stereocenters. The van der Waals surface area contributed by atoms with Gasteiger partial charge in [0, 0.05) is 10.9 Å². The highest BCUT2D eigenvalue weighted by Gasteiger charge is 2.09. The fourth-order valence-electron chi connectivity index (χ4n) is 1.64. The van der Waals surface area contributed by atoms with Crippen LogP contribution in [-0.2, 0) is 11.3 Å². The Bertz CT molecular complexity index is 528. The predicted octanol–water partition coefficient (Wildman–Crippen LogP) is 1.54. The summed E-state index contributed by atoms with van der Waals surface area (Å²) >= 11 is 0.